The number of amides is 2. The number of rotatable bonds is 6. The number of carbonyl (C=O) groups excluding carboxylic acids is 2. The van der Waals surface area contributed by atoms with Crippen LogP contribution in [0.5, 0.6) is 0 Å². The minimum absolute atomic E-state index is 0.0985. The molecular weight excluding hydrogens is 362 g/mol. The molecule has 154 valence electrons. The number of hydrogen-bond donors (Lipinski definition) is 1. The molecule has 29 heavy (non-hydrogen) atoms. The molecule has 2 amide bonds. The van der Waals surface area contributed by atoms with Crippen LogP contribution in [0.15, 0.2) is 54.6 Å². The van der Waals surface area contributed by atoms with Gasteiger partial charge in [0.05, 0.1) is 0 Å². The minimum Gasteiger partial charge on any atom is -0.368 e. The van der Waals surface area contributed by atoms with Crippen molar-refractivity contribution in [2.45, 2.75) is 27.2 Å². The van der Waals surface area contributed by atoms with Gasteiger partial charge in [0.1, 0.15) is 5.41 Å². The first-order valence-corrected chi connectivity index (χ1v) is 10.3. The molecule has 1 aliphatic heterocycles. The van der Waals surface area contributed by atoms with Crippen LogP contribution in [0.2, 0.25) is 0 Å². The Balaban J connectivity index is 1.51. The van der Waals surface area contributed by atoms with Crippen molar-refractivity contribution in [1.29, 1.82) is 0 Å². The van der Waals surface area contributed by atoms with Gasteiger partial charge in [0, 0.05) is 38.4 Å². The number of piperazine rings is 1. The van der Waals surface area contributed by atoms with Crippen molar-refractivity contribution < 1.29 is 9.59 Å². The zero-order valence-corrected chi connectivity index (χ0v) is 17.6. The van der Waals surface area contributed by atoms with Crippen molar-refractivity contribution in [2.24, 2.45) is 5.41 Å². The molecule has 0 aliphatic carbocycles. The zero-order valence-electron chi connectivity index (χ0n) is 17.6. The Morgan fingerprint density at radius 3 is 2.31 bits per heavy atom. The number of anilines is 1. The van der Waals surface area contributed by atoms with E-state index in [9.17, 15) is 9.59 Å². The molecule has 0 saturated carbocycles. The van der Waals surface area contributed by atoms with Gasteiger partial charge in [-0.1, -0.05) is 42.5 Å². The highest BCUT2D eigenvalue weighted by Gasteiger charge is 2.39. The van der Waals surface area contributed by atoms with Crippen LogP contribution in [0.25, 0.3) is 0 Å². The van der Waals surface area contributed by atoms with E-state index in [1.165, 1.54) is 16.8 Å². The molecule has 1 fully saturated rings. The Kier molecular flexibility index (Phi) is 6.57. The standard InChI is InChI=1S/C24H31N3O2/c1-19-8-7-11-21(18-19)26-14-16-27(17-15-26)23(29)24(2,3)22(28)25-13-12-20-9-5-4-6-10-20/h4-11,18H,12-17H2,1-3H3,(H,25,28). The first kappa shape index (κ1) is 20.9. The van der Waals surface area contributed by atoms with Crippen LogP contribution in [0, 0.1) is 12.3 Å². The molecule has 1 heterocycles. The second-order valence-electron chi connectivity index (χ2n) is 8.23. The Morgan fingerprint density at radius 2 is 1.66 bits per heavy atom. The summed E-state index contributed by atoms with van der Waals surface area (Å²) < 4.78 is 0. The molecule has 5 heteroatoms. The number of nitrogens with zero attached hydrogens (tertiary/aromatic N) is 2. The van der Waals surface area contributed by atoms with Crippen molar-refractivity contribution >= 4 is 17.5 Å². The van der Waals surface area contributed by atoms with E-state index in [0.29, 0.717) is 19.6 Å². The quantitative estimate of drug-likeness (QED) is 0.768. The second-order valence-corrected chi connectivity index (χ2v) is 8.23. The van der Waals surface area contributed by atoms with E-state index >= 15 is 0 Å². The number of hydrogen-bond acceptors (Lipinski definition) is 3. The van der Waals surface area contributed by atoms with Gasteiger partial charge >= 0.3 is 0 Å². The summed E-state index contributed by atoms with van der Waals surface area (Å²) in [5, 5.41) is 2.94. The van der Waals surface area contributed by atoms with E-state index in [0.717, 1.165) is 19.5 Å². The first-order chi connectivity index (χ1) is 13.9. The van der Waals surface area contributed by atoms with Gasteiger partial charge in [0.2, 0.25) is 11.8 Å². The zero-order chi connectivity index (χ0) is 20.9. The molecule has 0 unspecified atom stereocenters. The van der Waals surface area contributed by atoms with Crippen LogP contribution in [0.4, 0.5) is 5.69 Å². The summed E-state index contributed by atoms with van der Waals surface area (Å²) in [7, 11) is 0. The maximum Gasteiger partial charge on any atom is 0.237 e. The fraction of sp³-hybridized carbons (Fsp3) is 0.417. The molecular formula is C24H31N3O2. The summed E-state index contributed by atoms with van der Waals surface area (Å²) in [6.45, 7) is 8.88. The van der Waals surface area contributed by atoms with E-state index < -0.39 is 5.41 Å². The summed E-state index contributed by atoms with van der Waals surface area (Å²) in [5.41, 5.74) is 2.52. The maximum absolute atomic E-state index is 13.0. The summed E-state index contributed by atoms with van der Waals surface area (Å²) in [6.07, 6.45) is 0.756. The molecule has 0 bridgehead atoms. The Morgan fingerprint density at radius 1 is 0.966 bits per heavy atom. The van der Waals surface area contributed by atoms with Crippen LogP contribution in [-0.2, 0) is 16.0 Å². The first-order valence-electron chi connectivity index (χ1n) is 10.3. The Hall–Kier alpha value is -2.82. The van der Waals surface area contributed by atoms with Gasteiger partial charge in [-0.05, 0) is 50.5 Å². The lowest BCUT2D eigenvalue weighted by atomic mass is 9.89. The van der Waals surface area contributed by atoms with Crippen LogP contribution < -0.4 is 10.2 Å². The predicted octanol–water partition coefficient (Wildman–Crippen LogP) is 3.03. The number of benzene rings is 2. The molecule has 0 atom stereocenters. The maximum atomic E-state index is 13.0. The molecule has 0 aromatic heterocycles. The van der Waals surface area contributed by atoms with Crippen LogP contribution in [0.3, 0.4) is 0 Å². The van der Waals surface area contributed by atoms with Gasteiger partial charge in [-0.2, -0.15) is 0 Å². The van der Waals surface area contributed by atoms with Crippen LogP contribution >= 0.6 is 0 Å². The largest absolute Gasteiger partial charge is 0.368 e. The molecule has 1 N–H and O–H groups in total. The highest BCUT2D eigenvalue weighted by atomic mass is 16.2. The summed E-state index contributed by atoms with van der Waals surface area (Å²) in [4.78, 5) is 29.8. The van der Waals surface area contributed by atoms with Gasteiger partial charge in [0.25, 0.3) is 0 Å². The molecule has 1 aliphatic rings. The SMILES string of the molecule is Cc1cccc(N2CCN(C(=O)C(C)(C)C(=O)NCCc3ccccc3)CC2)c1. The monoisotopic (exact) mass is 393 g/mol. The third-order valence-corrected chi connectivity index (χ3v) is 5.58. The van der Waals surface area contributed by atoms with Crippen molar-refractivity contribution in [1.82, 2.24) is 10.2 Å². The van der Waals surface area contributed by atoms with Crippen molar-refractivity contribution in [3.63, 3.8) is 0 Å². The van der Waals surface area contributed by atoms with E-state index in [-0.39, 0.29) is 11.8 Å². The predicted molar refractivity (Wildman–Crippen MR) is 117 cm³/mol. The van der Waals surface area contributed by atoms with Crippen molar-refractivity contribution in [2.75, 3.05) is 37.6 Å². The highest BCUT2D eigenvalue weighted by molar-refractivity contribution is 6.04. The highest BCUT2D eigenvalue weighted by Crippen LogP contribution is 2.23. The average molecular weight is 394 g/mol. The van der Waals surface area contributed by atoms with E-state index in [4.69, 9.17) is 0 Å². The molecule has 2 aromatic carbocycles. The van der Waals surface area contributed by atoms with Crippen LogP contribution in [-0.4, -0.2) is 49.4 Å². The summed E-state index contributed by atoms with van der Waals surface area (Å²) in [6, 6.07) is 18.4. The van der Waals surface area contributed by atoms with Crippen molar-refractivity contribution in [3.8, 4) is 0 Å². The lowest BCUT2D eigenvalue weighted by molar-refractivity contribution is -0.148. The Bertz CT molecular complexity index is 840. The third kappa shape index (κ3) is 5.17. The molecule has 1 saturated heterocycles. The van der Waals surface area contributed by atoms with Gasteiger partial charge in [-0.3, -0.25) is 9.59 Å². The van der Waals surface area contributed by atoms with Gasteiger partial charge < -0.3 is 15.1 Å². The minimum atomic E-state index is -1.07. The summed E-state index contributed by atoms with van der Waals surface area (Å²) >= 11 is 0. The number of aryl methyl sites for hydroxylation is 1. The van der Waals surface area contributed by atoms with Crippen molar-refractivity contribution in [3.05, 3.63) is 65.7 Å². The third-order valence-electron chi connectivity index (χ3n) is 5.58. The topological polar surface area (TPSA) is 52.7 Å². The van der Waals surface area contributed by atoms with E-state index in [2.05, 4.69) is 41.4 Å². The fourth-order valence-electron chi connectivity index (χ4n) is 3.67. The lowest BCUT2D eigenvalue weighted by Crippen LogP contribution is -2.55. The second kappa shape index (κ2) is 9.12. The van der Waals surface area contributed by atoms with Gasteiger partial charge in [0.15, 0.2) is 0 Å². The number of nitrogens with one attached hydrogen (secondary N) is 1. The molecule has 0 spiro atoms. The average Bonchev–Trinajstić information content (AvgIpc) is 2.74. The van der Waals surface area contributed by atoms with Gasteiger partial charge in [-0.15, -0.1) is 0 Å². The molecule has 5 nitrogen and oxygen atoms in total. The normalized spacial score (nSPS) is 14.6. The Labute approximate surface area is 173 Å². The molecule has 3 rings (SSSR count). The van der Waals surface area contributed by atoms with Gasteiger partial charge in [-0.25, -0.2) is 0 Å². The fourth-order valence-corrected chi connectivity index (χ4v) is 3.67. The van der Waals surface area contributed by atoms with E-state index in [1.54, 1.807) is 13.8 Å². The lowest BCUT2D eigenvalue weighted by Gasteiger charge is -2.39. The summed E-state index contributed by atoms with van der Waals surface area (Å²) in [5.74, 6) is -0.307. The number of carbonyl (C=O) groups is 2. The molecule has 2 aromatic rings. The smallest absolute Gasteiger partial charge is 0.237 e. The van der Waals surface area contributed by atoms with Crippen LogP contribution in [0.1, 0.15) is 25.0 Å². The molecule has 0 radical (unpaired) electrons. The van der Waals surface area contributed by atoms with E-state index in [1.807, 2.05) is 35.2 Å².